The molecule has 0 aliphatic carbocycles. The van der Waals surface area contributed by atoms with Crippen LogP contribution in [0.2, 0.25) is 0 Å². The Labute approximate surface area is 156 Å². The molecule has 26 heavy (non-hydrogen) atoms. The summed E-state index contributed by atoms with van der Waals surface area (Å²) in [7, 11) is 2.17. The number of carbonyl (C=O) groups is 1. The molecule has 0 spiro atoms. The average molecular weight is 349 g/mol. The van der Waals surface area contributed by atoms with Crippen LogP contribution >= 0.6 is 0 Å². The van der Waals surface area contributed by atoms with Crippen molar-refractivity contribution in [3.63, 3.8) is 0 Å². The van der Waals surface area contributed by atoms with Crippen LogP contribution in [0, 0.1) is 6.92 Å². The predicted molar refractivity (Wildman–Crippen MR) is 105 cm³/mol. The zero-order valence-corrected chi connectivity index (χ0v) is 15.7. The molecule has 0 aromatic heterocycles. The number of carbonyl (C=O) groups excluding carboxylic acids is 1. The Hall–Kier alpha value is -2.17. The second-order valence-corrected chi connectivity index (χ2v) is 7.62. The molecule has 4 rings (SSSR count). The van der Waals surface area contributed by atoms with Crippen molar-refractivity contribution in [2.75, 3.05) is 46.3 Å². The van der Waals surface area contributed by atoms with Crippen molar-refractivity contribution in [2.45, 2.75) is 13.0 Å². The number of rotatable bonds is 2. The van der Waals surface area contributed by atoms with E-state index in [9.17, 15) is 4.79 Å². The molecule has 0 N–H and O–H groups in total. The molecule has 1 amide bonds. The van der Waals surface area contributed by atoms with E-state index in [1.807, 2.05) is 18.2 Å². The van der Waals surface area contributed by atoms with Gasteiger partial charge in [0.25, 0.3) is 5.91 Å². The number of nitrogens with zero attached hydrogens (tertiary/aromatic N) is 3. The smallest absolute Gasteiger partial charge is 0.254 e. The lowest BCUT2D eigenvalue weighted by Gasteiger charge is -2.46. The first-order chi connectivity index (χ1) is 12.6. The summed E-state index contributed by atoms with van der Waals surface area (Å²) in [4.78, 5) is 20.3. The number of piperazine rings is 2. The summed E-state index contributed by atoms with van der Waals surface area (Å²) < 4.78 is 0. The molecule has 4 nitrogen and oxygen atoms in total. The van der Waals surface area contributed by atoms with Crippen LogP contribution in [0.25, 0.3) is 11.1 Å². The van der Waals surface area contributed by atoms with Gasteiger partial charge in [-0.2, -0.15) is 0 Å². The number of amides is 1. The monoisotopic (exact) mass is 349 g/mol. The van der Waals surface area contributed by atoms with Crippen LogP contribution in [-0.4, -0.2) is 73.0 Å². The molecular weight excluding hydrogens is 322 g/mol. The van der Waals surface area contributed by atoms with Crippen LogP contribution in [-0.2, 0) is 0 Å². The van der Waals surface area contributed by atoms with E-state index in [4.69, 9.17) is 0 Å². The van der Waals surface area contributed by atoms with Crippen molar-refractivity contribution in [3.8, 4) is 11.1 Å². The summed E-state index contributed by atoms with van der Waals surface area (Å²) in [5.41, 5.74) is 4.17. The average Bonchev–Trinajstić information content (AvgIpc) is 2.67. The number of aryl methyl sites for hydroxylation is 1. The number of benzene rings is 2. The van der Waals surface area contributed by atoms with Gasteiger partial charge in [-0.3, -0.25) is 9.69 Å². The van der Waals surface area contributed by atoms with Gasteiger partial charge in [-0.1, -0.05) is 48.0 Å². The van der Waals surface area contributed by atoms with Crippen molar-refractivity contribution >= 4 is 5.91 Å². The van der Waals surface area contributed by atoms with E-state index in [-0.39, 0.29) is 5.91 Å². The lowest BCUT2D eigenvalue weighted by molar-refractivity contribution is 0.0190. The van der Waals surface area contributed by atoms with E-state index in [2.05, 4.69) is 59.0 Å². The minimum Gasteiger partial charge on any atom is -0.336 e. The van der Waals surface area contributed by atoms with Crippen LogP contribution in [0.4, 0.5) is 0 Å². The van der Waals surface area contributed by atoms with Gasteiger partial charge in [0.2, 0.25) is 0 Å². The van der Waals surface area contributed by atoms with Crippen molar-refractivity contribution in [3.05, 3.63) is 59.7 Å². The summed E-state index contributed by atoms with van der Waals surface area (Å²) in [5.74, 6) is 0.162. The fourth-order valence-corrected chi connectivity index (χ4v) is 4.20. The fourth-order valence-electron chi connectivity index (χ4n) is 4.20. The van der Waals surface area contributed by atoms with Crippen LogP contribution in [0.15, 0.2) is 48.5 Å². The van der Waals surface area contributed by atoms with Crippen LogP contribution in [0.3, 0.4) is 0 Å². The van der Waals surface area contributed by atoms with E-state index >= 15 is 0 Å². The Morgan fingerprint density at radius 1 is 0.962 bits per heavy atom. The topological polar surface area (TPSA) is 26.8 Å². The quantitative estimate of drug-likeness (QED) is 0.834. The third-order valence-corrected chi connectivity index (χ3v) is 5.67. The second kappa shape index (κ2) is 7.22. The summed E-state index contributed by atoms with van der Waals surface area (Å²) >= 11 is 0. The van der Waals surface area contributed by atoms with Crippen LogP contribution in [0.1, 0.15) is 15.9 Å². The van der Waals surface area contributed by atoms with Gasteiger partial charge in [0.1, 0.15) is 0 Å². The molecule has 1 atom stereocenters. The molecule has 2 aliphatic heterocycles. The predicted octanol–water partition coefficient (Wildman–Crippen LogP) is 2.73. The van der Waals surface area contributed by atoms with Gasteiger partial charge in [0.05, 0.1) is 0 Å². The van der Waals surface area contributed by atoms with E-state index in [0.717, 1.165) is 56.0 Å². The molecule has 136 valence electrons. The SMILES string of the molecule is Cc1cccc(-c2ccccc2C(=O)N2CCN3CCN(C)C[C@@H]3C2)c1. The summed E-state index contributed by atoms with van der Waals surface area (Å²) in [6.07, 6.45) is 0. The third kappa shape index (κ3) is 3.39. The van der Waals surface area contributed by atoms with E-state index < -0.39 is 0 Å². The Morgan fingerprint density at radius 2 is 1.77 bits per heavy atom. The summed E-state index contributed by atoms with van der Waals surface area (Å²) in [6, 6.07) is 16.9. The van der Waals surface area contributed by atoms with Gasteiger partial charge in [0, 0.05) is 50.9 Å². The fraction of sp³-hybridized carbons (Fsp3) is 0.409. The summed E-state index contributed by atoms with van der Waals surface area (Å²) in [6.45, 7) is 8.00. The minimum atomic E-state index is 0.162. The molecule has 2 saturated heterocycles. The summed E-state index contributed by atoms with van der Waals surface area (Å²) in [5, 5.41) is 0. The minimum absolute atomic E-state index is 0.162. The van der Waals surface area contributed by atoms with E-state index in [0.29, 0.717) is 6.04 Å². The van der Waals surface area contributed by atoms with Gasteiger partial charge in [-0.25, -0.2) is 0 Å². The third-order valence-electron chi connectivity index (χ3n) is 5.67. The maximum Gasteiger partial charge on any atom is 0.254 e. The standard InChI is InChI=1S/C22H27N3O/c1-17-6-5-7-18(14-17)20-8-3-4-9-21(20)22(26)25-13-12-24-11-10-23(2)15-19(24)16-25/h3-9,14,19H,10-13,15-16H2,1-2H3/t19-/m1/s1. The van der Waals surface area contributed by atoms with Gasteiger partial charge >= 0.3 is 0 Å². The van der Waals surface area contributed by atoms with Gasteiger partial charge in [0.15, 0.2) is 0 Å². The zero-order valence-electron chi connectivity index (χ0n) is 15.7. The Balaban J connectivity index is 1.59. The number of hydrogen-bond acceptors (Lipinski definition) is 3. The highest BCUT2D eigenvalue weighted by atomic mass is 16.2. The maximum atomic E-state index is 13.3. The Kier molecular flexibility index (Phi) is 4.79. The first kappa shape index (κ1) is 17.3. The lowest BCUT2D eigenvalue weighted by atomic mass is 9.97. The first-order valence-electron chi connectivity index (χ1n) is 9.50. The molecule has 2 aliphatic rings. The normalized spacial score (nSPS) is 21.5. The Morgan fingerprint density at radius 3 is 2.62 bits per heavy atom. The van der Waals surface area contributed by atoms with E-state index in [1.54, 1.807) is 0 Å². The van der Waals surface area contributed by atoms with Crippen molar-refractivity contribution < 1.29 is 4.79 Å². The Bertz CT molecular complexity index is 803. The first-order valence-corrected chi connectivity index (χ1v) is 9.50. The highest BCUT2D eigenvalue weighted by Crippen LogP contribution is 2.26. The molecule has 0 radical (unpaired) electrons. The number of likely N-dealkylation sites (N-methyl/N-ethyl adjacent to an activating group) is 1. The second-order valence-electron chi connectivity index (χ2n) is 7.62. The molecule has 0 unspecified atom stereocenters. The molecule has 4 heteroatoms. The molecule has 2 fully saturated rings. The van der Waals surface area contributed by atoms with Crippen LogP contribution < -0.4 is 0 Å². The lowest BCUT2D eigenvalue weighted by Crippen LogP contribution is -2.62. The van der Waals surface area contributed by atoms with Crippen molar-refractivity contribution in [1.82, 2.24) is 14.7 Å². The molecule has 2 heterocycles. The number of fused-ring (bicyclic) bond motifs is 1. The van der Waals surface area contributed by atoms with Gasteiger partial charge in [-0.05, 0) is 31.2 Å². The molecule has 2 aromatic carbocycles. The molecule has 0 bridgehead atoms. The zero-order chi connectivity index (χ0) is 18.1. The highest BCUT2D eigenvalue weighted by Gasteiger charge is 2.33. The number of hydrogen-bond donors (Lipinski definition) is 0. The molecule has 0 saturated carbocycles. The van der Waals surface area contributed by atoms with Crippen molar-refractivity contribution in [1.29, 1.82) is 0 Å². The molecule has 2 aromatic rings. The highest BCUT2D eigenvalue weighted by molar-refractivity contribution is 6.01. The molecular formula is C22H27N3O. The van der Waals surface area contributed by atoms with Gasteiger partial charge in [-0.15, -0.1) is 0 Å². The van der Waals surface area contributed by atoms with Gasteiger partial charge < -0.3 is 9.80 Å². The van der Waals surface area contributed by atoms with E-state index in [1.165, 1.54) is 5.56 Å². The largest absolute Gasteiger partial charge is 0.336 e. The van der Waals surface area contributed by atoms with Crippen molar-refractivity contribution in [2.24, 2.45) is 0 Å². The maximum absolute atomic E-state index is 13.3. The van der Waals surface area contributed by atoms with Crippen LogP contribution in [0.5, 0.6) is 0 Å².